The third kappa shape index (κ3) is 13.5. The van der Waals surface area contributed by atoms with Crippen LogP contribution < -0.4 is 41.8 Å². The Morgan fingerprint density at radius 1 is 0.660 bits per heavy atom. The van der Waals surface area contributed by atoms with Crippen molar-refractivity contribution in [3.63, 3.8) is 0 Å². The van der Waals surface area contributed by atoms with Crippen molar-refractivity contribution >= 4 is 56.2 Å². The van der Waals surface area contributed by atoms with Crippen molar-refractivity contribution in [3.05, 3.63) is 102 Å². The minimum atomic E-state index is -1.51. The van der Waals surface area contributed by atoms with Crippen LogP contribution in [0.15, 0.2) is 91.0 Å². The van der Waals surface area contributed by atoms with Crippen LogP contribution >= 0.6 is 0 Å². The zero-order chi connectivity index (χ0) is 34.9. The predicted molar refractivity (Wildman–Crippen MR) is 177 cm³/mol. The molecule has 4 aromatic rings. The van der Waals surface area contributed by atoms with Crippen LogP contribution in [0.25, 0.3) is 0 Å². The number of aliphatic hydroxyl groups excluding tert-OH is 1. The first kappa shape index (κ1) is 38.8. The minimum absolute atomic E-state index is 0.112. The van der Waals surface area contributed by atoms with Gasteiger partial charge in [-0.05, 0) is 70.2 Å². The molecular formula is C29H35B4NO13. The van der Waals surface area contributed by atoms with Gasteiger partial charge in [-0.2, -0.15) is 0 Å². The van der Waals surface area contributed by atoms with Crippen LogP contribution in [0.2, 0.25) is 0 Å². The summed E-state index contributed by atoms with van der Waals surface area (Å²) < 4.78 is 15.0. The third-order valence-electron chi connectivity index (χ3n) is 6.28. The first-order chi connectivity index (χ1) is 22.4. The second kappa shape index (κ2) is 20.0. The Bertz CT molecular complexity index is 1490. The normalized spacial score (nSPS) is 10.5. The maximum absolute atomic E-state index is 10.6. The second-order valence-electron chi connectivity index (χ2n) is 9.58. The molecule has 11 N–H and O–H groups in total. The van der Waals surface area contributed by atoms with Crippen molar-refractivity contribution in [2.24, 2.45) is 5.73 Å². The van der Waals surface area contributed by atoms with Gasteiger partial charge in [0.1, 0.15) is 5.75 Å². The van der Waals surface area contributed by atoms with Crippen LogP contribution in [0.3, 0.4) is 0 Å². The molecule has 0 fully saturated rings. The SMILES string of the molecule is COc1ccc(B(O)O)cc1.NC(=O)c1ccc(B(O)O)cc1.OB(O)c1ccc2c(c1)OCO2.OCCc1ccc(B(O)O)cc1. The van der Waals surface area contributed by atoms with Gasteiger partial charge in [0, 0.05) is 12.2 Å². The van der Waals surface area contributed by atoms with Crippen LogP contribution in [0.1, 0.15) is 15.9 Å². The van der Waals surface area contributed by atoms with Crippen molar-refractivity contribution < 1.29 is 64.3 Å². The summed E-state index contributed by atoms with van der Waals surface area (Å²) in [5.74, 6) is 1.36. The molecule has 14 nitrogen and oxygen atoms in total. The number of primary amides is 1. The van der Waals surface area contributed by atoms with E-state index in [1.807, 2.05) is 0 Å². The van der Waals surface area contributed by atoms with Crippen molar-refractivity contribution in [2.45, 2.75) is 6.42 Å². The standard InChI is InChI=1S/C8H11BO3.C7H8BNO3.C7H7BO4.C7H9BO3/c10-6-5-7-1-3-8(4-2-7)9(11)12;9-7(10)5-1-3-6(4-2-5)8(11)12;9-8(10)5-1-2-6-7(3-5)12-4-11-6;1-11-7-4-2-6(3-5-7)8(9)10/h1-4,10-12H,5-6H2;1-4,11-12H,(H2,9,10);1-3,9-10H,4H2;2-5,9-10H,1H3. The maximum atomic E-state index is 10.6. The number of carbonyl (C=O) groups is 1. The molecule has 0 spiro atoms. The van der Waals surface area contributed by atoms with E-state index < -0.39 is 34.4 Å². The summed E-state index contributed by atoms with van der Waals surface area (Å²) in [6, 6.07) is 23.9. The number of ether oxygens (including phenoxy) is 3. The highest BCUT2D eigenvalue weighted by molar-refractivity contribution is 6.59. The average molecular weight is 649 g/mol. The predicted octanol–water partition coefficient (Wildman–Crippen LogP) is -4.16. The first-order valence-corrected chi connectivity index (χ1v) is 13.9. The molecule has 0 saturated heterocycles. The van der Waals surface area contributed by atoms with Gasteiger partial charge in [-0.1, -0.05) is 54.6 Å². The van der Waals surface area contributed by atoms with E-state index in [2.05, 4.69) is 0 Å². The van der Waals surface area contributed by atoms with Crippen molar-refractivity contribution in [2.75, 3.05) is 20.5 Å². The van der Waals surface area contributed by atoms with Crippen LogP contribution in [0, 0.1) is 0 Å². The van der Waals surface area contributed by atoms with E-state index in [1.54, 1.807) is 73.8 Å². The zero-order valence-corrected chi connectivity index (χ0v) is 25.3. The molecule has 1 heterocycles. The third-order valence-corrected chi connectivity index (χ3v) is 6.28. The summed E-state index contributed by atoms with van der Waals surface area (Å²) in [5.41, 5.74) is 7.98. The van der Waals surface area contributed by atoms with Crippen LogP contribution in [0.5, 0.6) is 17.2 Å². The summed E-state index contributed by atoms with van der Waals surface area (Å²) >= 11 is 0. The Labute approximate surface area is 272 Å². The summed E-state index contributed by atoms with van der Waals surface area (Å²) in [5, 5.41) is 78.5. The minimum Gasteiger partial charge on any atom is -0.497 e. The smallest absolute Gasteiger partial charge is 0.488 e. The van der Waals surface area contributed by atoms with Gasteiger partial charge in [-0.3, -0.25) is 4.79 Å². The lowest BCUT2D eigenvalue weighted by Crippen LogP contribution is -2.29. The lowest BCUT2D eigenvalue weighted by atomic mass is 9.80. The number of fused-ring (bicyclic) bond motifs is 1. The Morgan fingerprint density at radius 2 is 1.09 bits per heavy atom. The molecule has 1 amide bonds. The van der Waals surface area contributed by atoms with E-state index in [0.717, 1.165) is 5.56 Å². The molecule has 5 rings (SSSR count). The molecule has 0 aliphatic carbocycles. The van der Waals surface area contributed by atoms with Gasteiger partial charge in [0.05, 0.1) is 7.11 Å². The highest BCUT2D eigenvalue weighted by Gasteiger charge is 2.18. The van der Waals surface area contributed by atoms with E-state index in [-0.39, 0.29) is 13.4 Å². The molecule has 47 heavy (non-hydrogen) atoms. The fourth-order valence-corrected chi connectivity index (χ4v) is 3.65. The molecule has 0 unspecified atom stereocenters. The fourth-order valence-electron chi connectivity index (χ4n) is 3.65. The number of carbonyl (C=O) groups excluding carboxylic acids is 1. The molecule has 0 radical (unpaired) electrons. The quantitative estimate of drug-likeness (QED) is 0.0816. The van der Waals surface area contributed by atoms with Crippen molar-refractivity contribution in [1.29, 1.82) is 0 Å². The van der Waals surface area contributed by atoms with Crippen LogP contribution in [0.4, 0.5) is 0 Å². The van der Waals surface area contributed by atoms with Crippen LogP contribution in [-0.2, 0) is 6.42 Å². The lowest BCUT2D eigenvalue weighted by Gasteiger charge is -2.00. The van der Waals surface area contributed by atoms with Crippen molar-refractivity contribution in [1.82, 2.24) is 0 Å². The van der Waals surface area contributed by atoms with Gasteiger partial charge in [0.25, 0.3) is 0 Å². The van der Waals surface area contributed by atoms with Crippen LogP contribution in [-0.4, -0.2) is 100 Å². The number of rotatable bonds is 8. The highest BCUT2D eigenvalue weighted by Crippen LogP contribution is 2.29. The molecule has 0 aromatic heterocycles. The Balaban J connectivity index is 0.000000218. The van der Waals surface area contributed by atoms with Gasteiger partial charge < -0.3 is 65.2 Å². The van der Waals surface area contributed by atoms with Gasteiger partial charge in [-0.15, -0.1) is 0 Å². The van der Waals surface area contributed by atoms with Gasteiger partial charge in [-0.25, -0.2) is 0 Å². The summed E-state index contributed by atoms with van der Waals surface area (Å²) in [4.78, 5) is 10.6. The molecular weight excluding hydrogens is 614 g/mol. The summed E-state index contributed by atoms with van der Waals surface area (Å²) in [6.07, 6.45) is 0.599. The van der Waals surface area contributed by atoms with E-state index in [9.17, 15) is 4.79 Å². The number of hydrogen-bond donors (Lipinski definition) is 10. The number of hydrogen-bond acceptors (Lipinski definition) is 13. The second-order valence-corrected chi connectivity index (χ2v) is 9.58. The molecule has 0 saturated carbocycles. The Hall–Kier alpha value is -4.35. The molecule has 0 atom stereocenters. The molecule has 18 heteroatoms. The maximum Gasteiger partial charge on any atom is 0.488 e. The molecule has 1 aliphatic heterocycles. The Morgan fingerprint density at radius 3 is 1.51 bits per heavy atom. The molecule has 4 aromatic carbocycles. The fraction of sp³-hybridized carbons (Fsp3) is 0.138. The molecule has 0 bridgehead atoms. The lowest BCUT2D eigenvalue weighted by molar-refractivity contribution is 0.1000. The highest BCUT2D eigenvalue weighted by atomic mass is 16.7. The number of amides is 1. The summed E-state index contributed by atoms with van der Waals surface area (Å²) in [6.45, 7) is 0.307. The number of nitrogens with two attached hydrogens (primary N) is 1. The van der Waals surface area contributed by atoms with Gasteiger partial charge >= 0.3 is 28.5 Å². The van der Waals surface area contributed by atoms with E-state index in [4.69, 9.17) is 65.2 Å². The Kier molecular flexibility index (Phi) is 16.5. The van der Waals surface area contributed by atoms with E-state index in [0.29, 0.717) is 51.1 Å². The monoisotopic (exact) mass is 649 g/mol. The molecule has 246 valence electrons. The van der Waals surface area contributed by atoms with Gasteiger partial charge in [0.15, 0.2) is 11.5 Å². The average Bonchev–Trinajstić information content (AvgIpc) is 3.54. The van der Waals surface area contributed by atoms with E-state index in [1.165, 1.54) is 24.3 Å². The number of aliphatic hydroxyl groups is 1. The zero-order valence-electron chi connectivity index (χ0n) is 25.3. The number of benzene rings is 4. The summed E-state index contributed by atoms with van der Waals surface area (Å²) in [7, 11) is -4.22. The van der Waals surface area contributed by atoms with Gasteiger partial charge in [0.2, 0.25) is 12.7 Å². The topological polar surface area (TPSA) is 253 Å². The largest absolute Gasteiger partial charge is 0.497 e. The van der Waals surface area contributed by atoms with E-state index >= 15 is 0 Å². The number of methoxy groups -OCH3 is 1. The first-order valence-electron chi connectivity index (χ1n) is 13.9. The molecule has 1 aliphatic rings. The van der Waals surface area contributed by atoms with Crippen molar-refractivity contribution in [3.8, 4) is 17.2 Å².